The highest BCUT2D eigenvalue weighted by Gasteiger charge is 2.37. The smallest absolute Gasteiger partial charge is 0.422 e. The molecule has 0 bridgehead atoms. The summed E-state index contributed by atoms with van der Waals surface area (Å²) in [6.45, 7) is 1.10. The molecule has 0 radical (unpaired) electrons. The van der Waals surface area contributed by atoms with Gasteiger partial charge in [0.15, 0.2) is 6.61 Å². The highest BCUT2D eigenvalue weighted by Crippen LogP contribution is 2.47. The monoisotopic (exact) mass is 260 g/mol. The van der Waals surface area contributed by atoms with Crippen LogP contribution in [0.4, 0.5) is 13.2 Å². The normalized spacial score (nSPS) is 22.9. The summed E-state index contributed by atoms with van der Waals surface area (Å²) in [7, 11) is 0. The number of halogens is 3. The van der Waals surface area contributed by atoms with Crippen LogP contribution < -0.4 is 10.5 Å². The van der Waals surface area contributed by atoms with Crippen molar-refractivity contribution in [3.05, 3.63) is 23.4 Å². The van der Waals surface area contributed by atoms with Crippen molar-refractivity contribution in [3.8, 4) is 5.88 Å². The van der Waals surface area contributed by atoms with Crippen LogP contribution in [0.25, 0.3) is 0 Å². The Morgan fingerprint density at radius 2 is 2.11 bits per heavy atom. The predicted octanol–water partition coefficient (Wildman–Crippen LogP) is 2.60. The van der Waals surface area contributed by atoms with E-state index in [0.717, 1.165) is 17.7 Å². The van der Waals surface area contributed by atoms with E-state index in [1.807, 2.05) is 0 Å². The van der Waals surface area contributed by atoms with E-state index in [9.17, 15) is 13.2 Å². The Balaban J connectivity index is 2.13. The van der Waals surface area contributed by atoms with Gasteiger partial charge in [0.1, 0.15) is 0 Å². The van der Waals surface area contributed by atoms with Crippen molar-refractivity contribution in [2.45, 2.75) is 32.0 Å². The lowest BCUT2D eigenvalue weighted by Crippen LogP contribution is -2.20. The molecule has 6 heteroatoms. The standard InChI is InChI=1S/C12H15F3N2O/c1-7-4-9(7)11-8(5-16)2-3-10(17-11)18-6-12(13,14)15/h2-3,7,9H,4-6,16H2,1H3. The average Bonchev–Trinajstić information content (AvgIpc) is 3.02. The molecule has 1 fully saturated rings. The van der Waals surface area contributed by atoms with E-state index in [1.165, 1.54) is 6.07 Å². The Hall–Kier alpha value is -1.30. The second-order valence-electron chi connectivity index (χ2n) is 4.62. The van der Waals surface area contributed by atoms with Crippen molar-refractivity contribution in [2.24, 2.45) is 11.7 Å². The number of hydrogen-bond acceptors (Lipinski definition) is 3. The first-order valence-corrected chi connectivity index (χ1v) is 5.80. The SMILES string of the molecule is CC1CC1c1nc(OCC(F)(F)F)ccc1CN. The van der Waals surface area contributed by atoms with Crippen molar-refractivity contribution in [2.75, 3.05) is 6.61 Å². The molecule has 2 N–H and O–H groups in total. The molecule has 1 heterocycles. The molecule has 1 aliphatic rings. The number of hydrogen-bond donors (Lipinski definition) is 1. The minimum absolute atomic E-state index is 0.0126. The first-order chi connectivity index (χ1) is 8.40. The third-order valence-corrected chi connectivity index (χ3v) is 3.05. The molecule has 3 nitrogen and oxygen atoms in total. The molecule has 1 aliphatic carbocycles. The first kappa shape index (κ1) is 13.1. The third-order valence-electron chi connectivity index (χ3n) is 3.05. The fourth-order valence-electron chi connectivity index (χ4n) is 1.92. The van der Waals surface area contributed by atoms with Crippen LogP contribution in [0.15, 0.2) is 12.1 Å². The van der Waals surface area contributed by atoms with Gasteiger partial charge in [-0.15, -0.1) is 0 Å². The lowest BCUT2D eigenvalue weighted by Gasteiger charge is -2.11. The van der Waals surface area contributed by atoms with Gasteiger partial charge in [-0.05, 0) is 17.9 Å². The molecule has 0 amide bonds. The number of aromatic nitrogens is 1. The van der Waals surface area contributed by atoms with Crippen LogP contribution in [-0.2, 0) is 6.54 Å². The molecule has 0 saturated heterocycles. The summed E-state index contributed by atoms with van der Waals surface area (Å²) in [6, 6.07) is 3.13. The van der Waals surface area contributed by atoms with Crippen LogP contribution in [0.2, 0.25) is 0 Å². The van der Waals surface area contributed by atoms with Gasteiger partial charge in [-0.2, -0.15) is 13.2 Å². The zero-order valence-corrected chi connectivity index (χ0v) is 10.00. The maximum absolute atomic E-state index is 12.0. The van der Waals surface area contributed by atoms with Crippen LogP contribution in [0.1, 0.15) is 30.5 Å². The van der Waals surface area contributed by atoms with E-state index < -0.39 is 12.8 Å². The van der Waals surface area contributed by atoms with Crippen LogP contribution in [-0.4, -0.2) is 17.8 Å². The van der Waals surface area contributed by atoms with E-state index in [2.05, 4.69) is 16.6 Å². The van der Waals surface area contributed by atoms with Gasteiger partial charge in [0.05, 0.1) is 5.69 Å². The molecule has 18 heavy (non-hydrogen) atoms. The predicted molar refractivity (Wildman–Crippen MR) is 60.2 cm³/mol. The second kappa shape index (κ2) is 4.76. The van der Waals surface area contributed by atoms with Gasteiger partial charge in [0.25, 0.3) is 0 Å². The Bertz CT molecular complexity index is 434. The minimum Gasteiger partial charge on any atom is -0.468 e. The van der Waals surface area contributed by atoms with Gasteiger partial charge in [-0.3, -0.25) is 0 Å². The summed E-state index contributed by atoms with van der Waals surface area (Å²) in [6.07, 6.45) is -3.34. The molecule has 2 unspecified atom stereocenters. The zero-order chi connectivity index (χ0) is 13.3. The van der Waals surface area contributed by atoms with Gasteiger partial charge in [0, 0.05) is 18.5 Å². The van der Waals surface area contributed by atoms with Crippen LogP contribution in [0.5, 0.6) is 5.88 Å². The summed E-state index contributed by atoms with van der Waals surface area (Å²) >= 11 is 0. The molecule has 1 aromatic heterocycles. The Labute approximate surface area is 103 Å². The fourth-order valence-corrected chi connectivity index (χ4v) is 1.92. The molecule has 2 rings (SSSR count). The molecule has 100 valence electrons. The number of nitrogens with zero attached hydrogens (tertiary/aromatic N) is 1. The second-order valence-corrected chi connectivity index (χ2v) is 4.62. The highest BCUT2D eigenvalue weighted by molar-refractivity contribution is 5.31. The van der Waals surface area contributed by atoms with Crippen molar-refractivity contribution in [3.63, 3.8) is 0 Å². The number of ether oxygens (including phenoxy) is 1. The van der Waals surface area contributed by atoms with Gasteiger partial charge in [0.2, 0.25) is 5.88 Å². The van der Waals surface area contributed by atoms with Gasteiger partial charge in [-0.25, -0.2) is 4.98 Å². The van der Waals surface area contributed by atoms with E-state index in [-0.39, 0.29) is 5.88 Å². The lowest BCUT2D eigenvalue weighted by molar-refractivity contribution is -0.154. The van der Waals surface area contributed by atoms with Crippen LogP contribution in [0, 0.1) is 5.92 Å². The van der Waals surface area contributed by atoms with Crippen molar-refractivity contribution in [1.29, 1.82) is 0 Å². The molecule has 2 atom stereocenters. The van der Waals surface area contributed by atoms with Crippen molar-refractivity contribution in [1.82, 2.24) is 4.98 Å². The molecule has 0 aromatic carbocycles. The third kappa shape index (κ3) is 3.13. The Morgan fingerprint density at radius 3 is 2.61 bits per heavy atom. The van der Waals surface area contributed by atoms with Crippen LogP contribution in [0.3, 0.4) is 0 Å². The zero-order valence-electron chi connectivity index (χ0n) is 10.00. The summed E-state index contributed by atoms with van der Waals surface area (Å²) in [5.74, 6) is 0.831. The van der Waals surface area contributed by atoms with E-state index in [1.54, 1.807) is 6.07 Å². The van der Waals surface area contributed by atoms with Gasteiger partial charge in [-0.1, -0.05) is 13.0 Å². The minimum atomic E-state index is -4.35. The average molecular weight is 260 g/mol. The molecule has 1 aromatic rings. The highest BCUT2D eigenvalue weighted by atomic mass is 19.4. The summed E-state index contributed by atoms with van der Waals surface area (Å²) in [5, 5.41) is 0. The molecule has 1 saturated carbocycles. The summed E-state index contributed by atoms with van der Waals surface area (Å²) in [5.41, 5.74) is 7.25. The maximum atomic E-state index is 12.0. The number of pyridine rings is 1. The maximum Gasteiger partial charge on any atom is 0.422 e. The number of rotatable bonds is 4. The molecule has 0 aliphatic heterocycles. The largest absolute Gasteiger partial charge is 0.468 e. The quantitative estimate of drug-likeness (QED) is 0.905. The van der Waals surface area contributed by atoms with Crippen LogP contribution >= 0.6 is 0 Å². The molecule has 0 spiro atoms. The number of nitrogens with two attached hydrogens (primary N) is 1. The Morgan fingerprint density at radius 1 is 1.44 bits per heavy atom. The van der Waals surface area contributed by atoms with E-state index in [4.69, 9.17) is 5.73 Å². The Kier molecular flexibility index (Phi) is 3.47. The lowest BCUT2D eigenvalue weighted by atomic mass is 10.1. The van der Waals surface area contributed by atoms with E-state index in [0.29, 0.717) is 18.4 Å². The summed E-state index contributed by atoms with van der Waals surface area (Å²) in [4.78, 5) is 4.16. The summed E-state index contributed by atoms with van der Waals surface area (Å²) < 4.78 is 40.8. The van der Waals surface area contributed by atoms with Crippen molar-refractivity contribution >= 4 is 0 Å². The molecular formula is C12H15F3N2O. The van der Waals surface area contributed by atoms with E-state index >= 15 is 0 Å². The number of alkyl halides is 3. The fraction of sp³-hybridized carbons (Fsp3) is 0.583. The topological polar surface area (TPSA) is 48.1 Å². The van der Waals surface area contributed by atoms with Gasteiger partial charge >= 0.3 is 6.18 Å². The van der Waals surface area contributed by atoms with Gasteiger partial charge < -0.3 is 10.5 Å². The first-order valence-electron chi connectivity index (χ1n) is 5.80. The van der Waals surface area contributed by atoms with Crippen molar-refractivity contribution < 1.29 is 17.9 Å². The molecular weight excluding hydrogens is 245 g/mol.